The molecule has 3 rings (SSSR count). The van der Waals surface area contributed by atoms with Gasteiger partial charge in [0, 0.05) is 30.9 Å². The molecule has 1 amide bonds. The van der Waals surface area contributed by atoms with E-state index >= 15 is 0 Å². The molecular formula is C17H23ClN4O. The molecule has 6 heteroatoms. The Labute approximate surface area is 142 Å². The lowest BCUT2D eigenvalue weighted by Gasteiger charge is -2.25. The van der Waals surface area contributed by atoms with Crippen molar-refractivity contribution < 1.29 is 4.79 Å². The Morgan fingerprint density at radius 3 is 2.74 bits per heavy atom. The maximum Gasteiger partial charge on any atom is 0.223 e. The molecule has 3 N–H and O–H groups in total. The van der Waals surface area contributed by atoms with Gasteiger partial charge in [-0.15, -0.1) is 12.4 Å². The molecule has 0 bridgehead atoms. The molecule has 0 radical (unpaired) electrons. The summed E-state index contributed by atoms with van der Waals surface area (Å²) in [4.78, 5) is 12.2. The third-order valence-electron chi connectivity index (χ3n) is 4.26. The summed E-state index contributed by atoms with van der Waals surface area (Å²) in [6, 6.07) is 10.1. The second-order valence-corrected chi connectivity index (χ2v) is 5.96. The second kappa shape index (κ2) is 8.13. The van der Waals surface area contributed by atoms with Gasteiger partial charge in [0.25, 0.3) is 0 Å². The van der Waals surface area contributed by atoms with E-state index in [4.69, 9.17) is 5.73 Å². The Balaban J connectivity index is 0.00000192. The van der Waals surface area contributed by atoms with Crippen molar-refractivity contribution in [1.29, 1.82) is 0 Å². The van der Waals surface area contributed by atoms with E-state index in [2.05, 4.69) is 10.4 Å². The fourth-order valence-corrected chi connectivity index (χ4v) is 2.99. The van der Waals surface area contributed by atoms with E-state index < -0.39 is 0 Å². The van der Waals surface area contributed by atoms with Crippen LogP contribution >= 0.6 is 12.4 Å². The Hall–Kier alpha value is -1.85. The maximum absolute atomic E-state index is 12.2. The predicted octanol–water partition coefficient (Wildman–Crippen LogP) is 2.43. The van der Waals surface area contributed by atoms with Crippen LogP contribution in [0, 0.1) is 5.92 Å². The zero-order valence-corrected chi connectivity index (χ0v) is 13.8. The highest BCUT2D eigenvalue weighted by Crippen LogP contribution is 2.23. The van der Waals surface area contributed by atoms with Crippen molar-refractivity contribution in [1.82, 2.24) is 15.1 Å². The van der Waals surface area contributed by atoms with E-state index in [1.165, 1.54) is 0 Å². The van der Waals surface area contributed by atoms with E-state index in [9.17, 15) is 4.79 Å². The summed E-state index contributed by atoms with van der Waals surface area (Å²) in [5, 5.41) is 7.22. The van der Waals surface area contributed by atoms with Crippen molar-refractivity contribution in [3.63, 3.8) is 0 Å². The van der Waals surface area contributed by atoms with Crippen molar-refractivity contribution >= 4 is 18.3 Å². The Morgan fingerprint density at radius 1 is 1.30 bits per heavy atom. The molecule has 1 heterocycles. The highest BCUT2D eigenvalue weighted by atomic mass is 35.5. The summed E-state index contributed by atoms with van der Waals surface area (Å²) in [6.07, 6.45) is 7.52. The predicted molar refractivity (Wildman–Crippen MR) is 92.6 cm³/mol. The van der Waals surface area contributed by atoms with Gasteiger partial charge in [0.2, 0.25) is 5.91 Å². The summed E-state index contributed by atoms with van der Waals surface area (Å²) in [7, 11) is 0. The summed E-state index contributed by atoms with van der Waals surface area (Å²) in [5.41, 5.74) is 8.04. The molecule has 2 atom stereocenters. The first-order valence-corrected chi connectivity index (χ1v) is 7.84. The van der Waals surface area contributed by atoms with Gasteiger partial charge in [-0.25, -0.2) is 4.68 Å². The Bertz CT molecular complexity index is 612. The van der Waals surface area contributed by atoms with Crippen LogP contribution < -0.4 is 11.1 Å². The molecule has 1 aromatic carbocycles. The lowest BCUT2D eigenvalue weighted by atomic mass is 9.85. The molecule has 1 fully saturated rings. The van der Waals surface area contributed by atoms with Crippen LogP contribution in [-0.4, -0.2) is 21.7 Å². The lowest BCUT2D eigenvalue weighted by molar-refractivity contribution is -0.126. The molecule has 0 spiro atoms. The van der Waals surface area contributed by atoms with Crippen LogP contribution in [0.1, 0.15) is 31.2 Å². The fourth-order valence-electron chi connectivity index (χ4n) is 2.99. The molecular weight excluding hydrogens is 312 g/mol. The van der Waals surface area contributed by atoms with Crippen LogP contribution in [0.25, 0.3) is 5.69 Å². The first-order valence-electron chi connectivity index (χ1n) is 7.84. The van der Waals surface area contributed by atoms with Gasteiger partial charge in [0.05, 0.1) is 5.69 Å². The molecule has 1 aliphatic carbocycles. The number of rotatable bonds is 4. The van der Waals surface area contributed by atoms with E-state index in [0.717, 1.165) is 36.9 Å². The van der Waals surface area contributed by atoms with E-state index in [1.54, 1.807) is 6.20 Å². The van der Waals surface area contributed by atoms with Gasteiger partial charge in [-0.1, -0.05) is 18.6 Å². The largest absolute Gasteiger partial charge is 0.352 e. The molecule has 1 saturated carbocycles. The van der Waals surface area contributed by atoms with Gasteiger partial charge in [-0.3, -0.25) is 4.79 Å². The maximum atomic E-state index is 12.2. The van der Waals surface area contributed by atoms with Gasteiger partial charge in [0.15, 0.2) is 0 Å². The number of hydrogen-bond acceptors (Lipinski definition) is 3. The van der Waals surface area contributed by atoms with Crippen LogP contribution in [0.5, 0.6) is 0 Å². The molecule has 0 saturated heterocycles. The van der Waals surface area contributed by atoms with Crippen LogP contribution in [0.3, 0.4) is 0 Å². The highest BCUT2D eigenvalue weighted by molar-refractivity contribution is 5.85. The monoisotopic (exact) mass is 334 g/mol. The minimum absolute atomic E-state index is 0. The normalized spacial score (nSPS) is 20.6. The van der Waals surface area contributed by atoms with Crippen LogP contribution in [0.4, 0.5) is 0 Å². The summed E-state index contributed by atoms with van der Waals surface area (Å²) in [5.74, 6) is 0.207. The first-order chi connectivity index (χ1) is 10.7. The van der Waals surface area contributed by atoms with Crippen LogP contribution in [-0.2, 0) is 11.3 Å². The zero-order chi connectivity index (χ0) is 15.4. The van der Waals surface area contributed by atoms with Gasteiger partial charge < -0.3 is 11.1 Å². The number of nitrogens with zero attached hydrogens (tertiary/aromatic N) is 2. The quantitative estimate of drug-likeness (QED) is 0.902. The molecule has 1 aromatic heterocycles. The Morgan fingerprint density at radius 2 is 2.09 bits per heavy atom. The van der Waals surface area contributed by atoms with E-state index in [-0.39, 0.29) is 30.3 Å². The number of nitrogens with two attached hydrogens (primary N) is 1. The Kier molecular flexibility index (Phi) is 6.19. The molecule has 0 aliphatic heterocycles. The van der Waals surface area contributed by atoms with Gasteiger partial charge in [-0.2, -0.15) is 5.10 Å². The molecule has 23 heavy (non-hydrogen) atoms. The van der Waals surface area contributed by atoms with E-state index in [1.807, 2.05) is 41.2 Å². The van der Waals surface area contributed by atoms with Crippen molar-refractivity contribution in [2.24, 2.45) is 11.7 Å². The van der Waals surface area contributed by atoms with Crippen molar-refractivity contribution in [2.45, 2.75) is 38.3 Å². The summed E-state index contributed by atoms with van der Waals surface area (Å²) in [6.45, 7) is 0.559. The average Bonchev–Trinajstić information content (AvgIpc) is 3.07. The zero-order valence-electron chi connectivity index (χ0n) is 13.0. The third kappa shape index (κ3) is 4.56. The van der Waals surface area contributed by atoms with E-state index in [0.29, 0.717) is 6.54 Å². The van der Waals surface area contributed by atoms with Crippen LogP contribution in [0.15, 0.2) is 42.7 Å². The van der Waals surface area contributed by atoms with Crippen molar-refractivity contribution in [2.75, 3.05) is 0 Å². The highest BCUT2D eigenvalue weighted by Gasteiger charge is 2.24. The molecule has 5 nitrogen and oxygen atoms in total. The number of nitrogens with one attached hydrogen (secondary N) is 1. The van der Waals surface area contributed by atoms with Crippen LogP contribution in [0.2, 0.25) is 0 Å². The number of benzene rings is 1. The standard InChI is InChI=1S/C17H22N4O.ClH/c18-15-4-1-3-14(11-15)17(22)19-12-13-5-7-16(8-6-13)21-10-2-9-20-21;/h2,5-10,14-15H,1,3-4,11-12,18H2,(H,19,22);1H. The topological polar surface area (TPSA) is 72.9 Å². The fraction of sp³-hybridized carbons (Fsp3) is 0.412. The summed E-state index contributed by atoms with van der Waals surface area (Å²) < 4.78 is 1.81. The second-order valence-electron chi connectivity index (χ2n) is 5.96. The number of carbonyl (C=O) groups excluding carboxylic acids is 1. The molecule has 2 aromatic rings. The average molecular weight is 335 g/mol. The molecule has 1 aliphatic rings. The SMILES string of the molecule is Cl.NC1CCCC(C(=O)NCc2ccc(-n3cccn3)cc2)C1. The molecule has 124 valence electrons. The number of amides is 1. The molecule has 2 unspecified atom stereocenters. The smallest absolute Gasteiger partial charge is 0.223 e. The minimum atomic E-state index is 0. The van der Waals surface area contributed by atoms with Gasteiger partial charge in [-0.05, 0) is 43.0 Å². The van der Waals surface area contributed by atoms with Crippen molar-refractivity contribution in [3.8, 4) is 5.69 Å². The first kappa shape index (κ1) is 17.5. The van der Waals surface area contributed by atoms with Crippen molar-refractivity contribution in [3.05, 3.63) is 48.3 Å². The summed E-state index contributed by atoms with van der Waals surface area (Å²) >= 11 is 0. The van der Waals surface area contributed by atoms with Gasteiger partial charge in [0.1, 0.15) is 0 Å². The van der Waals surface area contributed by atoms with Gasteiger partial charge >= 0.3 is 0 Å². The number of aromatic nitrogens is 2. The number of halogens is 1. The minimum Gasteiger partial charge on any atom is -0.352 e. The third-order valence-corrected chi connectivity index (χ3v) is 4.26. The number of carbonyl (C=O) groups is 1. The number of hydrogen-bond donors (Lipinski definition) is 2. The lowest BCUT2D eigenvalue weighted by Crippen LogP contribution is -2.37.